The van der Waals surface area contributed by atoms with E-state index in [0.717, 1.165) is 17.3 Å². The second-order valence-corrected chi connectivity index (χ2v) is 7.63. The van der Waals surface area contributed by atoms with Gasteiger partial charge in [-0.1, -0.05) is 44.2 Å². The number of terminal acetylenes is 1. The maximum atomic E-state index is 11.1. The number of anilines is 3. The molecule has 7 nitrogen and oxygen atoms in total. The van der Waals surface area contributed by atoms with Gasteiger partial charge in [-0.2, -0.15) is 8.75 Å². The molecule has 3 aromatic rings. The smallest absolute Gasteiger partial charge is 0.188 e. The summed E-state index contributed by atoms with van der Waals surface area (Å²) in [4.78, 5) is 13.1. The normalized spacial score (nSPS) is 9.16. The summed E-state index contributed by atoms with van der Waals surface area (Å²) in [5.74, 6) is 0.936. The maximum absolute atomic E-state index is 11.1. The molecule has 0 aliphatic rings. The molecule has 9 heteroatoms. The maximum Gasteiger partial charge on any atom is 0.188 e. The summed E-state index contributed by atoms with van der Waals surface area (Å²) in [7, 11) is 6.00. The number of aromatic hydroxyl groups is 1. The second kappa shape index (κ2) is 16.7. The van der Waals surface area contributed by atoms with Crippen LogP contribution in [0, 0.1) is 12.8 Å². The summed E-state index contributed by atoms with van der Waals surface area (Å²) in [6, 6.07) is 13.3. The number of phenolic OH excluding ortho intramolecular Hbond substituents is 1. The van der Waals surface area contributed by atoms with Crippen molar-refractivity contribution in [3.05, 3.63) is 58.1 Å². The van der Waals surface area contributed by atoms with Crippen LogP contribution in [0.3, 0.4) is 0 Å². The van der Waals surface area contributed by atoms with E-state index in [2.05, 4.69) is 48.2 Å². The van der Waals surface area contributed by atoms with Crippen LogP contribution in [0.15, 0.2) is 46.9 Å². The van der Waals surface area contributed by atoms with Gasteiger partial charge in [0.05, 0.1) is 23.0 Å². The molecule has 1 aromatic heterocycles. The van der Waals surface area contributed by atoms with E-state index in [9.17, 15) is 9.90 Å². The molecule has 0 saturated heterocycles. The van der Waals surface area contributed by atoms with Crippen LogP contribution in [0.4, 0.5) is 17.3 Å². The molecule has 0 fully saturated rings. The molecule has 2 aromatic carbocycles. The van der Waals surface area contributed by atoms with Gasteiger partial charge in [0.2, 0.25) is 0 Å². The summed E-state index contributed by atoms with van der Waals surface area (Å²) in [6.45, 7) is 4.60. The quantitative estimate of drug-likeness (QED) is 0.221. The van der Waals surface area contributed by atoms with E-state index >= 15 is 0 Å². The van der Waals surface area contributed by atoms with Gasteiger partial charge >= 0.3 is 0 Å². The predicted molar refractivity (Wildman–Crippen MR) is 139 cm³/mol. The van der Waals surface area contributed by atoms with Gasteiger partial charge in [-0.3, -0.25) is 4.79 Å². The lowest BCUT2D eigenvalue weighted by atomic mass is 10.2. The van der Waals surface area contributed by atoms with Crippen LogP contribution in [0.1, 0.15) is 29.8 Å². The second-order valence-electron chi connectivity index (χ2n) is 6.24. The van der Waals surface area contributed by atoms with E-state index in [1.54, 1.807) is 12.1 Å². The number of hydrogen-bond acceptors (Lipinski definition) is 8. The van der Waals surface area contributed by atoms with Gasteiger partial charge in [-0.25, -0.2) is 0 Å². The minimum absolute atomic E-state index is 0.138. The molecule has 0 unspecified atom stereocenters. The fraction of sp³-hybridized carbons (Fsp3) is 0.261. The van der Waals surface area contributed by atoms with Crippen LogP contribution in [-0.2, 0) is 6.54 Å². The third kappa shape index (κ3) is 9.92. The Morgan fingerprint density at radius 2 is 1.62 bits per heavy atom. The van der Waals surface area contributed by atoms with Crippen LogP contribution >= 0.6 is 27.7 Å². The van der Waals surface area contributed by atoms with E-state index in [-0.39, 0.29) is 11.3 Å². The van der Waals surface area contributed by atoms with Crippen LogP contribution in [-0.4, -0.2) is 46.2 Å². The third-order valence-electron chi connectivity index (χ3n) is 3.33. The van der Waals surface area contributed by atoms with Crippen molar-refractivity contribution >= 4 is 51.3 Å². The summed E-state index contributed by atoms with van der Waals surface area (Å²) >= 11 is 4.28. The standard InChI is InChI=1S/C16H13BrN4O2S.C3H9N.C2H6.C2H2/c17-12-6-7-13(14(23)11(12)9-22)19-16-15(20-24-21-16)18-8-10-4-2-1-3-5-10;1-4(2)3;2*1-2/h1-7,9,23H,8H2,(H,18,20)(H,19,21);1-3H3;1-2H3;1-2H. The summed E-state index contributed by atoms with van der Waals surface area (Å²) in [6.07, 6.45) is 8.60. The number of benzene rings is 2. The average molecular weight is 520 g/mol. The Morgan fingerprint density at radius 3 is 2.19 bits per heavy atom. The monoisotopic (exact) mass is 519 g/mol. The van der Waals surface area contributed by atoms with Gasteiger partial charge in [-0.05, 0) is 54.8 Å². The number of carbonyl (C=O) groups excluding carboxylic acids is 1. The Labute approximate surface area is 203 Å². The first kappa shape index (κ1) is 29.1. The van der Waals surface area contributed by atoms with E-state index in [0.29, 0.717) is 34.6 Å². The van der Waals surface area contributed by atoms with Gasteiger partial charge in [0.1, 0.15) is 0 Å². The molecular weight excluding hydrogens is 490 g/mol. The number of phenols is 1. The van der Waals surface area contributed by atoms with Crippen molar-refractivity contribution in [2.75, 3.05) is 31.8 Å². The van der Waals surface area contributed by atoms with Crippen molar-refractivity contribution < 1.29 is 9.90 Å². The number of carbonyl (C=O) groups is 1. The number of aldehydes is 1. The van der Waals surface area contributed by atoms with Crippen LogP contribution < -0.4 is 10.6 Å². The van der Waals surface area contributed by atoms with Crippen LogP contribution in [0.25, 0.3) is 0 Å². The largest absolute Gasteiger partial charge is 0.505 e. The van der Waals surface area contributed by atoms with Gasteiger partial charge in [0, 0.05) is 11.0 Å². The highest BCUT2D eigenvalue weighted by molar-refractivity contribution is 9.10. The SMILES string of the molecule is C#C.CC.CN(C)C.O=Cc1c(Br)ccc(Nc2nsnc2NCc2ccccc2)c1O. The van der Waals surface area contributed by atoms with Crippen molar-refractivity contribution in [2.45, 2.75) is 20.4 Å². The van der Waals surface area contributed by atoms with E-state index in [4.69, 9.17) is 0 Å². The Balaban J connectivity index is 0.00000106. The molecule has 0 amide bonds. The highest BCUT2D eigenvalue weighted by Crippen LogP contribution is 2.35. The molecule has 3 N–H and O–H groups in total. The third-order valence-corrected chi connectivity index (χ3v) is 4.55. The number of nitrogens with zero attached hydrogens (tertiary/aromatic N) is 3. The van der Waals surface area contributed by atoms with E-state index in [1.807, 2.05) is 70.2 Å². The van der Waals surface area contributed by atoms with Crippen molar-refractivity contribution in [1.82, 2.24) is 13.6 Å². The van der Waals surface area contributed by atoms with Crippen LogP contribution in [0.5, 0.6) is 5.75 Å². The Kier molecular flexibility index (Phi) is 15.2. The molecule has 0 saturated carbocycles. The molecule has 1 heterocycles. The molecule has 0 spiro atoms. The topological polar surface area (TPSA) is 90.4 Å². The molecule has 32 heavy (non-hydrogen) atoms. The molecule has 0 aliphatic heterocycles. The Bertz CT molecular complexity index is 943. The van der Waals surface area contributed by atoms with Crippen molar-refractivity contribution in [3.63, 3.8) is 0 Å². The number of aromatic nitrogens is 2. The molecule has 3 rings (SSSR count). The predicted octanol–water partition coefficient (Wildman–Crippen LogP) is 5.63. The average Bonchev–Trinajstić information content (AvgIpc) is 3.25. The zero-order chi connectivity index (χ0) is 24.5. The lowest BCUT2D eigenvalue weighted by Gasteiger charge is -2.10. The fourth-order valence-corrected chi connectivity index (χ4v) is 2.99. The molecular formula is C23H30BrN5O2S. The molecule has 0 aliphatic carbocycles. The fourth-order valence-electron chi connectivity index (χ4n) is 2.09. The minimum atomic E-state index is -0.138. The lowest BCUT2D eigenvalue weighted by molar-refractivity contribution is 0.112. The van der Waals surface area contributed by atoms with Crippen LogP contribution in [0.2, 0.25) is 0 Å². The minimum Gasteiger partial charge on any atom is -0.505 e. The summed E-state index contributed by atoms with van der Waals surface area (Å²) in [5, 5.41) is 16.4. The van der Waals surface area contributed by atoms with Crippen molar-refractivity contribution in [2.24, 2.45) is 0 Å². The van der Waals surface area contributed by atoms with Gasteiger partial charge < -0.3 is 20.6 Å². The molecule has 0 atom stereocenters. The molecule has 0 radical (unpaired) electrons. The van der Waals surface area contributed by atoms with Crippen molar-refractivity contribution in [1.29, 1.82) is 0 Å². The number of halogens is 1. The zero-order valence-electron chi connectivity index (χ0n) is 19.0. The lowest BCUT2D eigenvalue weighted by Crippen LogP contribution is -2.03. The first-order chi connectivity index (χ1) is 15.4. The molecule has 0 bridgehead atoms. The Morgan fingerprint density at radius 1 is 1.06 bits per heavy atom. The van der Waals surface area contributed by atoms with Gasteiger partial charge in [0.15, 0.2) is 23.7 Å². The highest BCUT2D eigenvalue weighted by Gasteiger charge is 2.14. The number of rotatable bonds is 6. The first-order valence-corrected chi connectivity index (χ1v) is 11.2. The molecule has 172 valence electrons. The summed E-state index contributed by atoms with van der Waals surface area (Å²) < 4.78 is 8.93. The Hall–Kier alpha value is -2.93. The number of nitrogens with one attached hydrogen (secondary N) is 2. The summed E-state index contributed by atoms with van der Waals surface area (Å²) in [5.41, 5.74) is 1.68. The van der Waals surface area contributed by atoms with Crippen molar-refractivity contribution in [3.8, 4) is 18.6 Å². The van der Waals surface area contributed by atoms with E-state index < -0.39 is 0 Å². The number of hydrogen-bond donors (Lipinski definition) is 3. The van der Waals surface area contributed by atoms with Gasteiger partial charge in [-0.15, -0.1) is 12.8 Å². The first-order valence-electron chi connectivity index (χ1n) is 9.70. The zero-order valence-corrected chi connectivity index (χ0v) is 21.4. The van der Waals surface area contributed by atoms with E-state index in [1.165, 1.54) is 0 Å². The van der Waals surface area contributed by atoms with Gasteiger partial charge in [0.25, 0.3) is 0 Å². The highest BCUT2D eigenvalue weighted by atomic mass is 79.9.